The van der Waals surface area contributed by atoms with Gasteiger partial charge in [0.1, 0.15) is 17.2 Å². The highest BCUT2D eigenvalue weighted by molar-refractivity contribution is 5.09. The fourth-order valence-electron chi connectivity index (χ4n) is 1.94. The second-order valence-corrected chi connectivity index (χ2v) is 4.09. The van der Waals surface area contributed by atoms with E-state index >= 15 is 0 Å². The van der Waals surface area contributed by atoms with Crippen molar-refractivity contribution in [3.63, 3.8) is 0 Å². The summed E-state index contributed by atoms with van der Waals surface area (Å²) in [5.41, 5.74) is -1.06. The highest BCUT2D eigenvalue weighted by Gasteiger charge is 2.32. The highest BCUT2D eigenvalue weighted by Crippen LogP contribution is 2.28. The molecule has 0 saturated carbocycles. The van der Waals surface area contributed by atoms with Crippen molar-refractivity contribution in [3.05, 3.63) is 23.7 Å². The van der Waals surface area contributed by atoms with Gasteiger partial charge >= 0.3 is 0 Å². The Kier molecular flexibility index (Phi) is 2.59. The number of rotatable bonds is 2. The van der Waals surface area contributed by atoms with Crippen molar-refractivity contribution in [2.24, 2.45) is 0 Å². The van der Waals surface area contributed by atoms with E-state index in [1.807, 2.05) is 19.1 Å². The van der Waals surface area contributed by atoms with E-state index in [4.69, 9.17) is 4.42 Å². The molecule has 0 radical (unpaired) electrons. The Labute approximate surface area is 83.5 Å². The summed E-state index contributed by atoms with van der Waals surface area (Å²) < 4.78 is 19.6. The molecule has 1 fully saturated rings. The SMILES string of the molecule is Cc1ccc(CC2(F)CCNCC2)o1. The van der Waals surface area contributed by atoms with Crippen LogP contribution in [0.1, 0.15) is 24.4 Å². The molecule has 0 unspecified atom stereocenters. The van der Waals surface area contributed by atoms with Crippen molar-refractivity contribution in [2.75, 3.05) is 13.1 Å². The predicted octanol–water partition coefficient (Wildman–Crippen LogP) is 2.22. The van der Waals surface area contributed by atoms with Gasteiger partial charge in [-0.15, -0.1) is 0 Å². The molecule has 0 aliphatic carbocycles. The molecule has 0 amide bonds. The van der Waals surface area contributed by atoms with Crippen LogP contribution in [0.4, 0.5) is 4.39 Å². The molecule has 3 heteroatoms. The van der Waals surface area contributed by atoms with Crippen LogP contribution in [0, 0.1) is 6.92 Å². The van der Waals surface area contributed by atoms with Crippen molar-refractivity contribution in [1.82, 2.24) is 5.32 Å². The van der Waals surface area contributed by atoms with E-state index < -0.39 is 5.67 Å². The fourth-order valence-corrected chi connectivity index (χ4v) is 1.94. The third-order valence-electron chi connectivity index (χ3n) is 2.79. The van der Waals surface area contributed by atoms with Crippen LogP contribution in [0.3, 0.4) is 0 Å². The molecule has 1 aliphatic heterocycles. The molecule has 78 valence electrons. The van der Waals surface area contributed by atoms with Gasteiger partial charge in [0.2, 0.25) is 0 Å². The highest BCUT2D eigenvalue weighted by atomic mass is 19.1. The van der Waals surface area contributed by atoms with Gasteiger partial charge in [-0.1, -0.05) is 0 Å². The summed E-state index contributed by atoms with van der Waals surface area (Å²) in [6.45, 7) is 3.43. The third kappa shape index (κ3) is 2.15. The van der Waals surface area contributed by atoms with Crippen molar-refractivity contribution < 1.29 is 8.81 Å². The molecule has 1 saturated heterocycles. The van der Waals surface area contributed by atoms with Gasteiger partial charge in [0.15, 0.2) is 0 Å². The second-order valence-electron chi connectivity index (χ2n) is 4.09. The molecule has 14 heavy (non-hydrogen) atoms. The molecule has 2 nitrogen and oxygen atoms in total. The van der Waals surface area contributed by atoms with Crippen molar-refractivity contribution >= 4 is 0 Å². The number of halogens is 1. The minimum absolute atomic E-state index is 0.419. The Morgan fingerprint density at radius 3 is 2.71 bits per heavy atom. The molecule has 0 aromatic carbocycles. The first kappa shape index (κ1) is 9.71. The van der Waals surface area contributed by atoms with Crippen molar-refractivity contribution in [3.8, 4) is 0 Å². The molecule has 1 aromatic rings. The van der Waals surface area contributed by atoms with Crippen LogP contribution in [-0.2, 0) is 6.42 Å². The van der Waals surface area contributed by atoms with Crippen molar-refractivity contribution in [2.45, 2.75) is 31.9 Å². The molecule has 0 bridgehead atoms. The number of furan rings is 1. The van der Waals surface area contributed by atoms with E-state index in [2.05, 4.69) is 5.32 Å². The zero-order valence-electron chi connectivity index (χ0n) is 8.48. The molecule has 1 N–H and O–H groups in total. The van der Waals surface area contributed by atoms with Gasteiger partial charge in [-0.05, 0) is 45.0 Å². The summed E-state index contributed by atoms with van der Waals surface area (Å²) >= 11 is 0. The number of hydrogen-bond donors (Lipinski definition) is 1. The Bertz CT molecular complexity index is 302. The van der Waals surface area contributed by atoms with Crippen LogP contribution in [0.15, 0.2) is 16.5 Å². The van der Waals surface area contributed by atoms with Gasteiger partial charge in [-0.3, -0.25) is 0 Å². The van der Waals surface area contributed by atoms with Gasteiger partial charge in [0, 0.05) is 6.42 Å². The summed E-state index contributed by atoms with van der Waals surface area (Å²) in [6, 6.07) is 3.76. The normalized spacial score (nSPS) is 21.0. The van der Waals surface area contributed by atoms with Crippen LogP contribution in [0.5, 0.6) is 0 Å². The summed E-state index contributed by atoms with van der Waals surface area (Å²) in [5, 5.41) is 3.16. The minimum Gasteiger partial charge on any atom is -0.466 e. The Hall–Kier alpha value is -0.830. The number of alkyl halides is 1. The lowest BCUT2D eigenvalue weighted by Gasteiger charge is -2.29. The first-order chi connectivity index (χ1) is 6.68. The topological polar surface area (TPSA) is 25.2 Å². The first-order valence-electron chi connectivity index (χ1n) is 5.13. The van der Waals surface area contributed by atoms with Gasteiger partial charge in [-0.25, -0.2) is 4.39 Å². The van der Waals surface area contributed by atoms with Crippen molar-refractivity contribution in [1.29, 1.82) is 0 Å². The van der Waals surface area contributed by atoms with Gasteiger partial charge in [-0.2, -0.15) is 0 Å². The zero-order valence-corrected chi connectivity index (χ0v) is 8.48. The van der Waals surface area contributed by atoms with E-state index in [0.29, 0.717) is 19.3 Å². The largest absolute Gasteiger partial charge is 0.466 e. The van der Waals surface area contributed by atoms with Gasteiger partial charge in [0.05, 0.1) is 0 Å². The van der Waals surface area contributed by atoms with Crippen LogP contribution in [-0.4, -0.2) is 18.8 Å². The van der Waals surface area contributed by atoms with E-state index in [-0.39, 0.29) is 0 Å². The predicted molar refractivity (Wildman–Crippen MR) is 53.1 cm³/mol. The van der Waals surface area contributed by atoms with Crippen LogP contribution >= 0.6 is 0 Å². The van der Waals surface area contributed by atoms with Gasteiger partial charge < -0.3 is 9.73 Å². The summed E-state index contributed by atoms with van der Waals surface area (Å²) in [7, 11) is 0. The number of aryl methyl sites for hydroxylation is 1. The maximum absolute atomic E-state index is 14.2. The molecular weight excluding hydrogens is 181 g/mol. The smallest absolute Gasteiger partial charge is 0.120 e. The molecule has 2 heterocycles. The second kappa shape index (κ2) is 3.73. The average Bonchev–Trinajstić information content (AvgIpc) is 2.51. The maximum atomic E-state index is 14.2. The summed E-state index contributed by atoms with van der Waals surface area (Å²) in [5.74, 6) is 1.63. The Morgan fingerprint density at radius 2 is 2.14 bits per heavy atom. The quantitative estimate of drug-likeness (QED) is 0.786. The average molecular weight is 197 g/mol. The molecular formula is C11H16FNO. The number of nitrogens with one attached hydrogen (secondary N) is 1. The van der Waals surface area contributed by atoms with E-state index in [0.717, 1.165) is 24.6 Å². The maximum Gasteiger partial charge on any atom is 0.120 e. The lowest BCUT2D eigenvalue weighted by Crippen LogP contribution is -2.40. The van der Waals surface area contributed by atoms with Gasteiger partial charge in [0.25, 0.3) is 0 Å². The van der Waals surface area contributed by atoms with Crippen LogP contribution < -0.4 is 5.32 Å². The summed E-state index contributed by atoms with van der Waals surface area (Å²) in [6.07, 6.45) is 1.60. The fraction of sp³-hybridized carbons (Fsp3) is 0.636. The standard InChI is InChI=1S/C11H16FNO/c1-9-2-3-10(14-9)8-11(12)4-6-13-7-5-11/h2-3,13H,4-8H2,1H3. The molecule has 1 aromatic heterocycles. The summed E-state index contributed by atoms with van der Waals surface area (Å²) in [4.78, 5) is 0. The van der Waals surface area contributed by atoms with Crippen LogP contribution in [0.25, 0.3) is 0 Å². The zero-order chi connectivity index (χ0) is 10.0. The molecule has 0 atom stereocenters. The third-order valence-corrected chi connectivity index (χ3v) is 2.79. The van der Waals surface area contributed by atoms with E-state index in [9.17, 15) is 4.39 Å². The Balaban J connectivity index is 2.01. The Morgan fingerprint density at radius 1 is 1.43 bits per heavy atom. The lowest BCUT2D eigenvalue weighted by atomic mass is 9.90. The number of piperidine rings is 1. The van der Waals surface area contributed by atoms with E-state index in [1.165, 1.54) is 0 Å². The number of hydrogen-bond acceptors (Lipinski definition) is 2. The molecule has 2 rings (SSSR count). The molecule has 1 aliphatic rings. The monoisotopic (exact) mass is 197 g/mol. The molecule has 0 spiro atoms. The lowest BCUT2D eigenvalue weighted by molar-refractivity contribution is 0.109. The minimum atomic E-state index is -1.06. The van der Waals surface area contributed by atoms with Crippen LogP contribution in [0.2, 0.25) is 0 Å². The van der Waals surface area contributed by atoms with E-state index in [1.54, 1.807) is 0 Å². The first-order valence-corrected chi connectivity index (χ1v) is 5.13.